The van der Waals surface area contributed by atoms with Crippen LogP contribution in [0.25, 0.3) is 0 Å². The highest BCUT2D eigenvalue weighted by atomic mass is 16.7. The van der Waals surface area contributed by atoms with Crippen LogP contribution in [0.15, 0.2) is 54.6 Å². The van der Waals surface area contributed by atoms with Crippen LogP contribution in [-0.4, -0.2) is 34.8 Å². The summed E-state index contributed by atoms with van der Waals surface area (Å²) in [6.07, 6.45) is 0. The molecule has 0 bridgehead atoms. The van der Waals surface area contributed by atoms with Gasteiger partial charge in [0, 0.05) is 5.56 Å². The van der Waals surface area contributed by atoms with E-state index in [-0.39, 0.29) is 17.0 Å². The molecule has 3 amide bonds. The molecule has 27 heavy (non-hydrogen) atoms. The summed E-state index contributed by atoms with van der Waals surface area (Å²) < 4.78 is 0. The zero-order valence-corrected chi connectivity index (χ0v) is 14.8. The molecule has 7 heteroatoms. The van der Waals surface area contributed by atoms with Crippen molar-refractivity contribution in [1.29, 1.82) is 0 Å². The molecule has 0 radical (unpaired) electrons. The number of hydroxylamine groups is 2. The molecule has 1 atom stereocenters. The highest BCUT2D eigenvalue weighted by Crippen LogP contribution is 2.23. The number of rotatable bonds is 5. The monoisotopic (exact) mass is 366 g/mol. The van der Waals surface area contributed by atoms with Crippen LogP contribution in [0, 0.1) is 5.92 Å². The summed E-state index contributed by atoms with van der Waals surface area (Å²) >= 11 is 0. The number of nitrogens with zero attached hydrogens (tertiary/aromatic N) is 1. The van der Waals surface area contributed by atoms with Gasteiger partial charge in [-0.25, -0.2) is 4.79 Å². The Morgan fingerprint density at radius 3 is 1.93 bits per heavy atom. The van der Waals surface area contributed by atoms with Crippen LogP contribution in [0.4, 0.5) is 0 Å². The minimum Gasteiger partial charge on any atom is -0.338 e. The molecule has 0 saturated carbocycles. The smallest absolute Gasteiger partial charge is 0.338 e. The van der Waals surface area contributed by atoms with Crippen molar-refractivity contribution in [3.05, 3.63) is 71.3 Å². The van der Waals surface area contributed by atoms with Crippen molar-refractivity contribution < 1.29 is 24.0 Å². The molecule has 1 aliphatic heterocycles. The lowest BCUT2D eigenvalue weighted by atomic mass is 10.0. The lowest BCUT2D eigenvalue weighted by molar-refractivity contribution is -0.172. The Balaban J connectivity index is 1.74. The van der Waals surface area contributed by atoms with Gasteiger partial charge in [-0.15, -0.1) is 0 Å². The molecule has 0 saturated heterocycles. The first-order chi connectivity index (χ1) is 12.9. The Hall–Kier alpha value is -3.48. The van der Waals surface area contributed by atoms with Gasteiger partial charge in [0.2, 0.25) is 0 Å². The second-order valence-electron chi connectivity index (χ2n) is 6.42. The largest absolute Gasteiger partial charge is 0.355 e. The van der Waals surface area contributed by atoms with Gasteiger partial charge in [-0.3, -0.25) is 14.4 Å². The van der Waals surface area contributed by atoms with Gasteiger partial charge in [-0.1, -0.05) is 49.2 Å². The molecule has 0 unspecified atom stereocenters. The van der Waals surface area contributed by atoms with Crippen molar-refractivity contribution in [3.8, 4) is 0 Å². The molecule has 1 heterocycles. The average Bonchev–Trinajstić information content (AvgIpc) is 2.91. The van der Waals surface area contributed by atoms with E-state index in [1.807, 2.05) is 0 Å². The van der Waals surface area contributed by atoms with Crippen LogP contribution in [0.3, 0.4) is 0 Å². The molecule has 2 aromatic rings. The van der Waals surface area contributed by atoms with Crippen LogP contribution in [0.5, 0.6) is 0 Å². The summed E-state index contributed by atoms with van der Waals surface area (Å²) in [5, 5.41) is 3.04. The van der Waals surface area contributed by atoms with E-state index in [0.717, 1.165) is 0 Å². The Kier molecular flexibility index (Phi) is 5.03. The number of hydrogen-bond donors (Lipinski definition) is 1. The van der Waals surface area contributed by atoms with Crippen LogP contribution >= 0.6 is 0 Å². The Labute approximate surface area is 155 Å². The van der Waals surface area contributed by atoms with Gasteiger partial charge in [0.15, 0.2) is 0 Å². The fraction of sp³-hybridized carbons (Fsp3) is 0.200. The molecule has 1 aliphatic rings. The Morgan fingerprint density at radius 1 is 0.889 bits per heavy atom. The molecule has 0 fully saturated rings. The Bertz CT molecular complexity index is 873. The van der Waals surface area contributed by atoms with E-state index >= 15 is 0 Å². The number of nitrogens with one attached hydrogen (secondary N) is 1. The first-order valence-electron chi connectivity index (χ1n) is 8.45. The topological polar surface area (TPSA) is 92.8 Å². The quantitative estimate of drug-likeness (QED) is 0.819. The van der Waals surface area contributed by atoms with E-state index in [4.69, 9.17) is 4.84 Å². The third-order valence-electron chi connectivity index (χ3n) is 4.18. The second kappa shape index (κ2) is 7.41. The summed E-state index contributed by atoms with van der Waals surface area (Å²) in [7, 11) is 0. The molecule has 2 aromatic carbocycles. The van der Waals surface area contributed by atoms with Crippen molar-refractivity contribution in [2.75, 3.05) is 0 Å². The van der Waals surface area contributed by atoms with Crippen molar-refractivity contribution in [2.45, 2.75) is 19.9 Å². The molecule has 138 valence electrons. The average molecular weight is 366 g/mol. The van der Waals surface area contributed by atoms with Crippen molar-refractivity contribution >= 4 is 23.7 Å². The molecule has 1 N–H and O–H groups in total. The molecular formula is C20H18N2O5. The minimum absolute atomic E-state index is 0.171. The van der Waals surface area contributed by atoms with Crippen molar-refractivity contribution in [1.82, 2.24) is 10.4 Å². The predicted molar refractivity (Wildman–Crippen MR) is 95.6 cm³/mol. The van der Waals surface area contributed by atoms with Gasteiger partial charge in [0.05, 0.1) is 11.1 Å². The van der Waals surface area contributed by atoms with Crippen LogP contribution in [0.2, 0.25) is 0 Å². The molecule has 3 rings (SSSR count). The van der Waals surface area contributed by atoms with Gasteiger partial charge in [-0.2, -0.15) is 0 Å². The first-order valence-corrected chi connectivity index (χ1v) is 8.45. The number of carbonyl (C=O) groups excluding carboxylic acids is 4. The van der Waals surface area contributed by atoms with Gasteiger partial charge in [0.25, 0.3) is 17.7 Å². The number of fused-ring (bicyclic) bond motifs is 1. The van der Waals surface area contributed by atoms with Gasteiger partial charge < -0.3 is 10.2 Å². The minimum atomic E-state index is -1.03. The molecular weight excluding hydrogens is 348 g/mol. The highest BCUT2D eigenvalue weighted by molar-refractivity contribution is 6.21. The van der Waals surface area contributed by atoms with E-state index in [1.165, 1.54) is 12.1 Å². The summed E-state index contributed by atoms with van der Waals surface area (Å²) in [6.45, 7) is 3.44. The highest BCUT2D eigenvalue weighted by Gasteiger charge is 2.40. The standard InChI is InChI=1S/C20H18N2O5/c1-12(2)16(21-17(23)13-8-4-3-5-9-13)20(26)27-22-18(24)14-10-6-7-11-15(14)19(22)25/h3-12,16H,1-2H3,(H,21,23)/t16-/m0/s1. The fourth-order valence-corrected chi connectivity index (χ4v) is 2.71. The van der Waals surface area contributed by atoms with Crippen LogP contribution < -0.4 is 5.32 Å². The summed E-state index contributed by atoms with van der Waals surface area (Å²) in [5.74, 6) is -3.07. The lowest BCUT2D eigenvalue weighted by Crippen LogP contribution is -2.48. The third-order valence-corrected chi connectivity index (χ3v) is 4.18. The molecule has 0 spiro atoms. The zero-order chi connectivity index (χ0) is 19.6. The molecule has 7 nitrogen and oxygen atoms in total. The van der Waals surface area contributed by atoms with Crippen LogP contribution in [0.1, 0.15) is 44.9 Å². The summed E-state index contributed by atoms with van der Waals surface area (Å²) in [5.41, 5.74) is 0.728. The number of imide groups is 1. The zero-order valence-electron chi connectivity index (χ0n) is 14.8. The number of hydrogen-bond acceptors (Lipinski definition) is 5. The van der Waals surface area contributed by atoms with Gasteiger partial charge in [0.1, 0.15) is 6.04 Å². The maximum absolute atomic E-state index is 12.6. The van der Waals surface area contributed by atoms with E-state index in [9.17, 15) is 19.2 Å². The van der Waals surface area contributed by atoms with Crippen molar-refractivity contribution in [2.24, 2.45) is 5.92 Å². The van der Waals surface area contributed by atoms with Crippen molar-refractivity contribution in [3.63, 3.8) is 0 Å². The maximum atomic E-state index is 12.6. The Morgan fingerprint density at radius 2 is 1.41 bits per heavy atom. The SMILES string of the molecule is CC(C)[C@H](NC(=O)c1ccccc1)C(=O)ON1C(=O)c2ccccc2C1=O. The predicted octanol–water partition coefficient (Wildman–Crippen LogP) is 2.20. The van der Waals surface area contributed by atoms with E-state index in [2.05, 4.69) is 5.32 Å². The van der Waals surface area contributed by atoms with E-state index in [1.54, 1.807) is 56.3 Å². The van der Waals surface area contributed by atoms with E-state index < -0.39 is 29.7 Å². The maximum Gasteiger partial charge on any atom is 0.355 e. The first kappa shape index (κ1) is 18.3. The van der Waals surface area contributed by atoms with Gasteiger partial charge in [-0.05, 0) is 30.2 Å². The molecule has 0 aliphatic carbocycles. The number of amides is 3. The fourth-order valence-electron chi connectivity index (χ4n) is 2.71. The normalized spacial score (nSPS) is 14.1. The summed E-state index contributed by atoms with van der Waals surface area (Å²) in [6, 6.07) is 13.6. The molecule has 0 aromatic heterocycles. The third kappa shape index (κ3) is 3.57. The second-order valence-corrected chi connectivity index (χ2v) is 6.42. The summed E-state index contributed by atoms with van der Waals surface area (Å²) in [4.78, 5) is 54.6. The number of carbonyl (C=O) groups is 4. The van der Waals surface area contributed by atoms with E-state index in [0.29, 0.717) is 10.6 Å². The number of benzene rings is 2. The van der Waals surface area contributed by atoms with Crippen LogP contribution in [-0.2, 0) is 9.63 Å². The van der Waals surface area contributed by atoms with Gasteiger partial charge >= 0.3 is 5.97 Å². The lowest BCUT2D eigenvalue weighted by Gasteiger charge is -2.22.